The van der Waals surface area contributed by atoms with Gasteiger partial charge in [0.2, 0.25) is 0 Å². The summed E-state index contributed by atoms with van der Waals surface area (Å²) in [5.74, 6) is 0. The van der Waals surface area contributed by atoms with Gasteiger partial charge in [-0.2, -0.15) is 0 Å². The van der Waals surface area contributed by atoms with Crippen molar-refractivity contribution in [3.8, 4) is 0 Å². The van der Waals surface area contributed by atoms with Crippen LogP contribution in [0.15, 0.2) is 27.9 Å². The summed E-state index contributed by atoms with van der Waals surface area (Å²) in [6, 6.07) is 3.66. The van der Waals surface area contributed by atoms with Crippen LogP contribution in [-0.2, 0) is 0 Å². The van der Waals surface area contributed by atoms with Gasteiger partial charge in [0.25, 0.3) is 5.56 Å². The molecule has 90 valence electrons. The van der Waals surface area contributed by atoms with Crippen LogP contribution in [0.2, 0.25) is 0 Å². The molecule has 0 amide bonds. The number of halogens is 2. The Morgan fingerprint density at radius 1 is 1.18 bits per heavy atom. The molecule has 0 unspecified atom stereocenters. The Kier molecular flexibility index (Phi) is 3.92. The smallest absolute Gasteiger partial charge is 0.304 e. The summed E-state index contributed by atoms with van der Waals surface area (Å²) in [6.45, 7) is 0. The molecule has 0 atom stereocenters. The van der Waals surface area contributed by atoms with E-state index in [1.165, 1.54) is 11.3 Å². The van der Waals surface area contributed by atoms with Crippen LogP contribution in [0.1, 0.15) is 0 Å². The first kappa shape index (κ1) is 13.7. The van der Waals surface area contributed by atoms with Gasteiger partial charge in [-0.15, -0.1) is 36.2 Å². The first-order valence-electron chi connectivity index (χ1n) is 4.25. The normalized spacial score (nSPS) is 9.88. The fourth-order valence-electron chi connectivity index (χ4n) is 1.51. The van der Waals surface area contributed by atoms with Crippen molar-refractivity contribution in [2.24, 2.45) is 0 Å². The average Bonchev–Trinajstić information content (AvgIpc) is 2.57. The highest BCUT2D eigenvalue weighted by Crippen LogP contribution is 2.26. The second-order valence-corrected chi connectivity index (χ2v) is 4.12. The van der Waals surface area contributed by atoms with Crippen LogP contribution in [-0.4, -0.2) is 15.0 Å². The molecule has 0 aromatic carbocycles. The number of aromatic amines is 2. The van der Waals surface area contributed by atoms with Crippen LogP contribution >= 0.6 is 36.2 Å². The zero-order valence-corrected chi connectivity index (χ0v) is 10.7. The van der Waals surface area contributed by atoms with E-state index < -0.39 is 5.69 Å². The highest BCUT2D eigenvalue weighted by molar-refractivity contribution is 7.25. The third-order valence-corrected chi connectivity index (χ3v) is 3.26. The van der Waals surface area contributed by atoms with Crippen LogP contribution < -0.4 is 11.2 Å². The van der Waals surface area contributed by atoms with Crippen molar-refractivity contribution in [2.75, 3.05) is 0 Å². The molecule has 0 aliphatic rings. The minimum Gasteiger partial charge on any atom is -0.304 e. The number of fused-ring (bicyclic) bond motifs is 3. The zero-order chi connectivity index (χ0) is 10.4. The van der Waals surface area contributed by atoms with Gasteiger partial charge in [0.05, 0.1) is 10.2 Å². The van der Waals surface area contributed by atoms with Gasteiger partial charge in [-0.25, -0.2) is 4.79 Å². The molecule has 2 N–H and O–H groups in total. The fraction of sp³-hybridized carbons (Fsp3) is 0. The Morgan fingerprint density at radius 2 is 1.94 bits per heavy atom. The molecular weight excluding hydrogens is 285 g/mol. The van der Waals surface area contributed by atoms with Gasteiger partial charge >= 0.3 is 5.69 Å². The monoisotopic (exact) mass is 291 g/mol. The predicted molar refractivity (Wildman–Crippen MR) is 72.9 cm³/mol. The van der Waals surface area contributed by atoms with Gasteiger partial charge in [0, 0.05) is 6.20 Å². The minimum absolute atomic E-state index is 0. The molecule has 0 bridgehead atoms. The molecule has 3 aromatic heterocycles. The summed E-state index contributed by atoms with van der Waals surface area (Å²) < 4.78 is 1.39. The summed E-state index contributed by atoms with van der Waals surface area (Å²) in [7, 11) is 0. The lowest BCUT2D eigenvalue weighted by Gasteiger charge is -1.88. The van der Waals surface area contributed by atoms with E-state index in [2.05, 4.69) is 15.0 Å². The van der Waals surface area contributed by atoms with Crippen molar-refractivity contribution < 1.29 is 0 Å². The second-order valence-electron chi connectivity index (χ2n) is 3.06. The number of nitrogens with zero attached hydrogens (tertiary/aromatic N) is 1. The number of hydrogen-bond donors (Lipinski definition) is 2. The highest BCUT2D eigenvalue weighted by atomic mass is 35.5. The van der Waals surface area contributed by atoms with E-state index >= 15 is 0 Å². The lowest BCUT2D eigenvalue weighted by Crippen LogP contribution is -2.20. The van der Waals surface area contributed by atoms with Gasteiger partial charge in [0.1, 0.15) is 10.2 Å². The van der Waals surface area contributed by atoms with Crippen molar-refractivity contribution >= 4 is 56.6 Å². The van der Waals surface area contributed by atoms with E-state index in [4.69, 9.17) is 0 Å². The van der Waals surface area contributed by atoms with Crippen molar-refractivity contribution in [1.82, 2.24) is 15.0 Å². The maximum absolute atomic E-state index is 11.5. The number of hydrogen-bond acceptors (Lipinski definition) is 4. The van der Waals surface area contributed by atoms with E-state index in [1.807, 2.05) is 6.07 Å². The Hall–Kier alpha value is -1.37. The summed E-state index contributed by atoms with van der Waals surface area (Å²) in [4.78, 5) is 31.5. The van der Waals surface area contributed by atoms with Crippen LogP contribution in [0, 0.1) is 0 Å². The molecule has 0 aliphatic heterocycles. The van der Waals surface area contributed by atoms with Crippen molar-refractivity contribution in [1.29, 1.82) is 0 Å². The molecule has 5 nitrogen and oxygen atoms in total. The Labute approximate surface area is 111 Å². The Balaban J connectivity index is 0.000000722. The Morgan fingerprint density at radius 3 is 2.71 bits per heavy atom. The summed E-state index contributed by atoms with van der Waals surface area (Å²) in [5.41, 5.74) is 0.319. The SMILES string of the molecule is Cl.Cl.O=c1[nH]c(=O)c2sc3cccnc3c2[nH]1. The molecule has 0 saturated heterocycles. The molecule has 3 rings (SSSR count). The molecular formula is C9H7Cl2N3O2S. The standard InChI is InChI=1S/C9H5N3O2S.2ClH/c13-8-7-6(11-9(14)12-8)5-4(15-7)2-1-3-10-5;;/h1-3H,(H2,11,12,13,14);2*1H. The topological polar surface area (TPSA) is 78.6 Å². The number of thiophene rings is 1. The van der Waals surface area contributed by atoms with Crippen molar-refractivity contribution in [3.05, 3.63) is 39.2 Å². The number of rotatable bonds is 0. The van der Waals surface area contributed by atoms with Gasteiger partial charge in [-0.05, 0) is 12.1 Å². The second kappa shape index (κ2) is 4.87. The molecule has 0 aliphatic carbocycles. The molecule has 0 saturated carbocycles. The van der Waals surface area contributed by atoms with Crippen LogP contribution in [0.4, 0.5) is 0 Å². The molecule has 3 aromatic rings. The maximum Gasteiger partial charge on any atom is 0.326 e. The number of nitrogens with one attached hydrogen (secondary N) is 2. The van der Waals surface area contributed by atoms with Crippen LogP contribution in [0.25, 0.3) is 20.4 Å². The Bertz CT molecular complexity index is 777. The summed E-state index contributed by atoms with van der Waals surface area (Å²) in [5, 5.41) is 0. The van der Waals surface area contributed by atoms with E-state index in [0.717, 1.165) is 4.70 Å². The summed E-state index contributed by atoms with van der Waals surface area (Å²) >= 11 is 1.32. The molecule has 17 heavy (non-hydrogen) atoms. The molecule has 0 spiro atoms. The summed E-state index contributed by atoms with van der Waals surface area (Å²) in [6.07, 6.45) is 1.63. The van der Waals surface area contributed by atoms with Crippen LogP contribution in [0.5, 0.6) is 0 Å². The van der Waals surface area contributed by atoms with Gasteiger partial charge in [-0.3, -0.25) is 14.8 Å². The first-order valence-corrected chi connectivity index (χ1v) is 5.07. The quantitative estimate of drug-likeness (QED) is 0.661. The molecule has 8 heteroatoms. The lowest BCUT2D eigenvalue weighted by atomic mass is 10.3. The molecule has 0 radical (unpaired) electrons. The largest absolute Gasteiger partial charge is 0.326 e. The average molecular weight is 292 g/mol. The van der Waals surface area contributed by atoms with E-state index in [-0.39, 0.29) is 30.4 Å². The third-order valence-electron chi connectivity index (χ3n) is 2.12. The lowest BCUT2D eigenvalue weighted by molar-refractivity contribution is 1.09. The van der Waals surface area contributed by atoms with Gasteiger partial charge in [-0.1, -0.05) is 0 Å². The van der Waals surface area contributed by atoms with Crippen LogP contribution in [0.3, 0.4) is 0 Å². The van der Waals surface area contributed by atoms with E-state index in [9.17, 15) is 9.59 Å². The van der Waals surface area contributed by atoms with Crippen molar-refractivity contribution in [2.45, 2.75) is 0 Å². The third kappa shape index (κ3) is 2.06. The maximum atomic E-state index is 11.5. The van der Waals surface area contributed by atoms with Crippen molar-refractivity contribution in [3.63, 3.8) is 0 Å². The predicted octanol–water partition coefficient (Wildman–Crippen LogP) is 1.67. The molecule has 3 heterocycles. The minimum atomic E-state index is -0.502. The van der Waals surface area contributed by atoms with Gasteiger partial charge in [0.15, 0.2) is 0 Å². The zero-order valence-electron chi connectivity index (χ0n) is 8.22. The number of pyridine rings is 1. The van der Waals surface area contributed by atoms with E-state index in [0.29, 0.717) is 15.7 Å². The molecule has 0 fully saturated rings. The number of H-pyrrole nitrogens is 2. The highest BCUT2D eigenvalue weighted by Gasteiger charge is 2.09. The fourth-order valence-corrected chi connectivity index (χ4v) is 2.52. The number of aromatic nitrogens is 3. The first-order chi connectivity index (χ1) is 7.25. The van der Waals surface area contributed by atoms with Gasteiger partial charge < -0.3 is 4.98 Å². The van der Waals surface area contributed by atoms with E-state index in [1.54, 1.807) is 12.3 Å².